The van der Waals surface area contributed by atoms with Gasteiger partial charge in [0.1, 0.15) is 27.5 Å². The number of aromatic nitrogens is 1. The lowest BCUT2D eigenvalue weighted by Crippen LogP contribution is -2.41. The third-order valence-electron chi connectivity index (χ3n) is 5.32. The Hall–Kier alpha value is -2.55. The maximum absolute atomic E-state index is 13.3. The second kappa shape index (κ2) is 12.6. The van der Waals surface area contributed by atoms with Gasteiger partial charge in [0.15, 0.2) is 11.7 Å². The van der Waals surface area contributed by atoms with Crippen molar-refractivity contribution in [1.82, 2.24) is 9.88 Å². The third-order valence-corrected chi connectivity index (χ3v) is 6.41. The summed E-state index contributed by atoms with van der Waals surface area (Å²) in [7, 11) is 3.23. The molecule has 0 spiro atoms. The molecular weight excluding hydrogens is 462 g/mol. The quantitative estimate of drug-likeness (QED) is 0.382. The molecule has 1 amide bonds. The summed E-state index contributed by atoms with van der Waals surface area (Å²) in [5.74, 6) is 1.89. The Morgan fingerprint density at radius 1 is 1.03 bits per heavy atom. The molecule has 3 rings (SSSR count). The maximum atomic E-state index is 13.3. The molecule has 0 saturated carbocycles. The molecule has 0 aliphatic carbocycles. The number of aryl methyl sites for hydroxylation is 1. The van der Waals surface area contributed by atoms with Gasteiger partial charge in [0, 0.05) is 13.1 Å². The van der Waals surface area contributed by atoms with E-state index in [9.17, 15) is 4.79 Å². The number of nitrogens with zero attached hydrogens (tertiary/aromatic N) is 3. The smallest absolute Gasteiger partial charge is 0.266 e. The first kappa shape index (κ1) is 26.7. The van der Waals surface area contributed by atoms with Gasteiger partial charge < -0.3 is 19.1 Å². The van der Waals surface area contributed by atoms with E-state index in [1.165, 1.54) is 11.3 Å². The number of carbonyl (C=O) groups is 1. The number of thiazole rings is 1. The molecule has 0 N–H and O–H groups in total. The van der Waals surface area contributed by atoms with Crippen LogP contribution in [0.2, 0.25) is 0 Å². The van der Waals surface area contributed by atoms with Gasteiger partial charge >= 0.3 is 0 Å². The zero-order valence-electron chi connectivity index (χ0n) is 19.8. The molecule has 0 radical (unpaired) electrons. The van der Waals surface area contributed by atoms with Crippen LogP contribution in [0.1, 0.15) is 19.4 Å². The minimum absolute atomic E-state index is 0. The lowest BCUT2D eigenvalue weighted by atomic mass is 10.2. The molecule has 0 fully saturated rings. The Bertz CT molecular complexity index is 1010. The van der Waals surface area contributed by atoms with Crippen molar-refractivity contribution >= 4 is 45.0 Å². The first-order chi connectivity index (χ1) is 15.5. The van der Waals surface area contributed by atoms with Gasteiger partial charge in [0.05, 0.1) is 14.2 Å². The Morgan fingerprint density at radius 3 is 2.36 bits per heavy atom. The van der Waals surface area contributed by atoms with Crippen LogP contribution in [0, 0.1) is 6.92 Å². The second-order valence-corrected chi connectivity index (χ2v) is 8.30. The van der Waals surface area contributed by atoms with Gasteiger partial charge in [-0.25, -0.2) is 4.98 Å². The molecule has 7 nitrogen and oxygen atoms in total. The summed E-state index contributed by atoms with van der Waals surface area (Å²) in [5, 5.41) is 0.604. The summed E-state index contributed by atoms with van der Waals surface area (Å²) in [6.07, 6.45) is 0. The van der Waals surface area contributed by atoms with E-state index in [4.69, 9.17) is 19.2 Å². The van der Waals surface area contributed by atoms with Crippen molar-refractivity contribution in [3.05, 3.63) is 42.0 Å². The number of halogens is 1. The second-order valence-electron chi connectivity index (χ2n) is 7.32. The minimum Gasteiger partial charge on any atom is -0.495 e. The number of methoxy groups -OCH3 is 2. The molecule has 0 unspecified atom stereocenters. The molecule has 180 valence electrons. The number of ether oxygens (including phenoxy) is 3. The summed E-state index contributed by atoms with van der Waals surface area (Å²) in [6, 6.07) is 11.4. The van der Waals surface area contributed by atoms with E-state index < -0.39 is 0 Å². The highest BCUT2D eigenvalue weighted by atomic mass is 35.5. The van der Waals surface area contributed by atoms with Gasteiger partial charge in [0.2, 0.25) is 0 Å². The number of anilines is 1. The van der Waals surface area contributed by atoms with Crippen LogP contribution in [0.5, 0.6) is 17.2 Å². The number of benzene rings is 2. The van der Waals surface area contributed by atoms with Gasteiger partial charge in [-0.05, 0) is 49.8 Å². The Balaban J connectivity index is 0.00000385. The molecule has 0 bridgehead atoms. The fraction of sp³-hybridized carbons (Fsp3) is 0.417. The van der Waals surface area contributed by atoms with E-state index in [1.54, 1.807) is 19.1 Å². The van der Waals surface area contributed by atoms with Crippen molar-refractivity contribution in [2.24, 2.45) is 0 Å². The molecule has 0 aliphatic rings. The Morgan fingerprint density at radius 2 is 1.73 bits per heavy atom. The molecule has 3 aromatic rings. The first-order valence-corrected chi connectivity index (χ1v) is 11.6. The number of hydrogen-bond acceptors (Lipinski definition) is 7. The molecular formula is C24H32ClN3O4S. The van der Waals surface area contributed by atoms with Crippen LogP contribution in [-0.4, -0.2) is 62.8 Å². The van der Waals surface area contributed by atoms with Crippen LogP contribution >= 0.6 is 23.7 Å². The van der Waals surface area contributed by atoms with Crippen molar-refractivity contribution in [3.8, 4) is 17.2 Å². The van der Waals surface area contributed by atoms with Gasteiger partial charge in [-0.1, -0.05) is 37.3 Å². The number of carbonyl (C=O) groups excluding carboxylic acids is 1. The summed E-state index contributed by atoms with van der Waals surface area (Å²) in [6.45, 7) is 9.25. The van der Waals surface area contributed by atoms with Crippen molar-refractivity contribution in [2.75, 3.05) is 51.9 Å². The molecule has 2 aromatic carbocycles. The molecule has 1 aromatic heterocycles. The van der Waals surface area contributed by atoms with Crippen molar-refractivity contribution in [1.29, 1.82) is 0 Å². The van der Waals surface area contributed by atoms with E-state index in [2.05, 4.69) is 18.7 Å². The zero-order chi connectivity index (χ0) is 23.1. The van der Waals surface area contributed by atoms with Crippen LogP contribution in [0.15, 0.2) is 36.4 Å². The van der Waals surface area contributed by atoms with E-state index in [0.29, 0.717) is 34.4 Å². The third kappa shape index (κ3) is 6.50. The van der Waals surface area contributed by atoms with E-state index in [1.807, 2.05) is 43.3 Å². The average Bonchev–Trinajstić information content (AvgIpc) is 3.25. The Labute approximate surface area is 205 Å². The van der Waals surface area contributed by atoms with Crippen LogP contribution in [0.4, 0.5) is 5.13 Å². The fourth-order valence-electron chi connectivity index (χ4n) is 3.43. The number of fused-ring (bicyclic) bond motifs is 1. The van der Waals surface area contributed by atoms with E-state index in [0.717, 1.165) is 29.9 Å². The van der Waals surface area contributed by atoms with Crippen LogP contribution in [0.3, 0.4) is 0 Å². The largest absolute Gasteiger partial charge is 0.495 e. The molecule has 33 heavy (non-hydrogen) atoms. The minimum atomic E-state index is -0.143. The van der Waals surface area contributed by atoms with Crippen molar-refractivity contribution in [3.63, 3.8) is 0 Å². The SMILES string of the molecule is CCN(CC)CCN(C(=O)COc1cccc(C)c1)c1nc2c(OC)ccc(OC)c2s1.Cl. The van der Waals surface area contributed by atoms with Crippen LogP contribution < -0.4 is 19.1 Å². The van der Waals surface area contributed by atoms with E-state index in [-0.39, 0.29) is 24.9 Å². The summed E-state index contributed by atoms with van der Waals surface area (Å²) in [5.41, 5.74) is 1.77. The highest BCUT2D eigenvalue weighted by Crippen LogP contribution is 2.40. The Kier molecular flexibility index (Phi) is 10.2. The highest BCUT2D eigenvalue weighted by Gasteiger charge is 2.23. The van der Waals surface area contributed by atoms with Gasteiger partial charge in [-0.15, -0.1) is 12.4 Å². The normalized spacial score (nSPS) is 10.7. The van der Waals surface area contributed by atoms with Gasteiger partial charge in [-0.2, -0.15) is 0 Å². The predicted octanol–water partition coefficient (Wildman–Crippen LogP) is 4.80. The standard InChI is InChI=1S/C24H31N3O4S.ClH/c1-6-26(7-2)13-14-27(21(28)16-31-18-10-8-9-17(3)15-18)24-25-22-19(29-4)11-12-20(30-5)23(22)32-24;/h8-12,15H,6-7,13-14,16H2,1-5H3;1H. The summed E-state index contributed by atoms with van der Waals surface area (Å²) >= 11 is 1.42. The lowest BCUT2D eigenvalue weighted by Gasteiger charge is -2.24. The molecule has 0 saturated heterocycles. The number of hydrogen-bond donors (Lipinski definition) is 0. The number of rotatable bonds is 11. The van der Waals surface area contributed by atoms with Crippen LogP contribution in [0.25, 0.3) is 10.2 Å². The maximum Gasteiger partial charge on any atom is 0.266 e. The molecule has 0 aliphatic heterocycles. The number of amides is 1. The molecule has 0 atom stereocenters. The average molecular weight is 494 g/mol. The predicted molar refractivity (Wildman–Crippen MR) is 137 cm³/mol. The lowest BCUT2D eigenvalue weighted by molar-refractivity contribution is -0.120. The zero-order valence-corrected chi connectivity index (χ0v) is 21.4. The summed E-state index contributed by atoms with van der Waals surface area (Å²) < 4.78 is 17.6. The van der Waals surface area contributed by atoms with Crippen LogP contribution in [-0.2, 0) is 4.79 Å². The van der Waals surface area contributed by atoms with E-state index >= 15 is 0 Å². The van der Waals surface area contributed by atoms with Gasteiger partial charge in [0.25, 0.3) is 5.91 Å². The van der Waals surface area contributed by atoms with Crippen molar-refractivity contribution < 1.29 is 19.0 Å². The van der Waals surface area contributed by atoms with Gasteiger partial charge in [-0.3, -0.25) is 9.69 Å². The highest BCUT2D eigenvalue weighted by molar-refractivity contribution is 7.22. The monoisotopic (exact) mass is 493 g/mol. The topological polar surface area (TPSA) is 64.1 Å². The molecule has 9 heteroatoms. The molecule has 1 heterocycles. The number of likely N-dealkylation sites (N-methyl/N-ethyl adjacent to an activating group) is 1. The first-order valence-electron chi connectivity index (χ1n) is 10.7. The fourth-order valence-corrected chi connectivity index (χ4v) is 4.54. The van der Waals surface area contributed by atoms with Crippen molar-refractivity contribution in [2.45, 2.75) is 20.8 Å². The summed E-state index contributed by atoms with van der Waals surface area (Å²) in [4.78, 5) is 22.0.